The fourth-order valence-corrected chi connectivity index (χ4v) is 6.99. The van der Waals surface area contributed by atoms with Crippen LogP contribution in [0.4, 0.5) is 11.4 Å². The summed E-state index contributed by atoms with van der Waals surface area (Å²) in [5.74, 6) is -0.211. The van der Waals surface area contributed by atoms with E-state index in [1.165, 1.54) is 16.2 Å². The van der Waals surface area contributed by atoms with Crippen LogP contribution >= 0.6 is 35.3 Å². The van der Waals surface area contributed by atoms with Gasteiger partial charge in [0, 0.05) is 25.5 Å². The molecule has 1 amide bonds. The second-order valence-electron chi connectivity index (χ2n) is 8.15. The van der Waals surface area contributed by atoms with E-state index in [4.69, 9.17) is 12.2 Å². The molecule has 174 valence electrons. The molecule has 1 fully saturated rings. The Bertz CT molecular complexity index is 1480. The summed E-state index contributed by atoms with van der Waals surface area (Å²) in [4.78, 5) is 33.8. The summed E-state index contributed by atoms with van der Waals surface area (Å²) in [6.07, 6.45) is 1.79. The molecule has 34 heavy (non-hydrogen) atoms. The van der Waals surface area contributed by atoms with Crippen LogP contribution in [0, 0.1) is 0 Å². The van der Waals surface area contributed by atoms with Gasteiger partial charge >= 0.3 is 0 Å². The summed E-state index contributed by atoms with van der Waals surface area (Å²) in [6, 6.07) is 17.5. The number of anilines is 2. The lowest BCUT2D eigenvalue weighted by Crippen LogP contribution is -2.36. The summed E-state index contributed by atoms with van der Waals surface area (Å²) >= 11 is 8.63. The van der Waals surface area contributed by atoms with Gasteiger partial charge in [-0.1, -0.05) is 55.4 Å². The van der Waals surface area contributed by atoms with Gasteiger partial charge in [0.25, 0.3) is 11.5 Å². The molecular formula is C25H24N4O2S3. The molecule has 0 atom stereocenters. The van der Waals surface area contributed by atoms with Crippen molar-refractivity contribution in [3.63, 3.8) is 0 Å². The lowest BCUT2D eigenvalue weighted by atomic mass is 10.3. The number of thiocarbonyl (C=S) groups is 1. The lowest BCUT2D eigenvalue weighted by molar-refractivity contribution is -0.112. The molecular weight excluding hydrogens is 485 g/mol. The first-order chi connectivity index (χ1) is 16.4. The third kappa shape index (κ3) is 3.59. The fraction of sp³-hybridized carbons (Fsp3) is 0.240. The molecule has 1 saturated heterocycles. The second kappa shape index (κ2) is 9.05. The minimum atomic E-state index is -0.211. The van der Waals surface area contributed by atoms with Gasteiger partial charge in [0.05, 0.1) is 11.4 Å². The zero-order chi connectivity index (χ0) is 24.0. The zero-order valence-electron chi connectivity index (χ0n) is 19.1. The van der Waals surface area contributed by atoms with Crippen LogP contribution in [0.2, 0.25) is 0 Å². The van der Waals surface area contributed by atoms with Gasteiger partial charge in [0.15, 0.2) is 5.11 Å². The number of nitrogens with zero attached hydrogens (tertiary/aromatic N) is 4. The van der Waals surface area contributed by atoms with Crippen molar-refractivity contribution in [1.29, 1.82) is 0 Å². The van der Waals surface area contributed by atoms with Gasteiger partial charge < -0.3 is 9.80 Å². The van der Waals surface area contributed by atoms with E-state index in [9.17, 15) is 9.59 Å². The molecule has 9 heteroatoms. The average Bonchev–Trinajstić information content (AvgIpc) is 3.42. The average molecular weight is 509 g/mol. The van der Waals surface area contributed by atoms with E-state index in [-0.39, 0.29) is 11.5 Å². The van der Waals surface area contributed by atoms with Crippen molar-refractivity contribution in [3.8, 4) is 0 Å². The van der Waals surface area contributed by atoms with Crippen LogP contribution < -0.4 is 24.6 Å². The summed E-state index contributed by atoms with van der Waals surface area (Å²) < 4.78 is 3.06. The molecule has 2 aliphatic rings. The molecule has 3 aromatic rings. The maximum Gasteiger partial charge on any atom is 0.284 e. The number of carbonyl (C=O) groups is 1. The van der Waals surface area contributed by atoms with Crippen molar-refractivity contribution < 1.29 is 4.79 Å². The van der Waals surface area contributed by atoms with Crippen LogP contribution in [0.15, 0.2) is 64.3 Å². The Morgan fingerprint density at radius 2 is 1.65 bits per heavy atom. The number of benzene rings is 2. The first-order valence-electron chi connectivity index (χ1n) is 11.1. The molecule has 0 saturated carbocycles. The van der Waals surface area contributed by atoms with Crippen molar-refractivity contribution in [3.05, 3.63) is 74.1 Å². The highest BCUT2D eigenvalue weighted by molar-refractivity contribution is 8.08. The maximum absolute atomic E-state index is 13.7. The molecule has 0 radical (unpaired) electrons. The van der Waals surface area contributed by atoms with Crippen LogP contribution in [0.25, 0.3) is 10.7 Å². The van der Waals surface area contributed by atoms with Crippen LogP contribution in [0.1, 0.15) is 19.8 Å². The van der Waals surface area contributed by atoms with Gasteiger partial charge in [0.2, 0.25) is 0 Å². The molecule has 0 bridgehead atoms. The van der Waals surface area contributed by atoms with E-state index >= 15 is 0 Å². The Kier molecular flexibility index (Phi) is 6.09. The SMILES string of the molecule is CCCCn1c(=O)/c(=C2/Sc3ccccc3N2C)s/c1=C1/C(=O)N(c2ccccc2)C(=S)N1C. The van der Waals surface area contributed by atoms with E-state index < -0.39 is 0 Å². The molecule has 0 N–H and O–H groups in total. The van der Waals surface area contributed by atoms with E-state index in [0.29, 0.717) is 26.5 Å². The number of aromatic nitrogens is 1. The number of rotatable bonds is 4. The standard InChI is InChI=1S/C25H24N4O2S3/c1-4-5-15-28-22(31)20(24-26(2)17-13-9-10-14-18(17)33-24)34-23(28)19-21(30)29(25(32)27(19)3)16-11-7-6-8-12-16/h6-14H,4-5,15H2,1-3H3/b23-19-,24-20-. The number of thiazole rings is 1. The second-order valence-corrected chi connectivity index (χ2v) is 10.5. The number of unbranched alkanes of at least 4 members (excludes halogenated alkanes) is 1. The molecule has 2 aliphatic heterocycles. The molecule has 0 spiro atoms. The minimum Gasteiger partial charge on any atom is -0.337 e. The Balaban J connectivity index is 1.75. The third-order valence-corrected chi connectivity index (χ3v) is 8.99. The topological polar surface area (TPSA) is 48.8 Å². The van der Waals surface area contributed by atoms with Gasteiger partial charge in [-0.25, -0.2) is 0 Å². The van der Waals surface area contributed by atoms with E-state index in [1.54, 1.807) is 28.3 Å². The number of para-hydroxylation sites is 2. The van der Waals surface area contributed by atoms with Crippen molar-refractivity contribution in [1.82, 2.24) is 9.47 Å². The number of thioether (sulfide) groups is 1. The fourth-order valence-electron chi connectivity index (χ4n) is 4.16. The molecule has 1 aromatic heterocycles. The van der Waals surface area contributed by atoms with E-state index in [0.717, 1.165) is 34.1 Å². The molecule has 0 aliphatic carbocycles. The first-order valence-corrected chi connectivity index (χ1v) is 13.1. The predicted octanol–water partition coefficient (Wildman–Crippen LogP) is 3.39. The quantitative estimate of drug-likeness (QED) is 0.504. The summed E-state index contributed by atoms with van der Waals surface area (Å²) in [6.45, 7) is 2.65. The van der Waals surface area contributed by atoms with Gasteiger partial charge in [-0.3, -0.25) is 19.1 Å². The van der Waals surface area contributed by atoms with Crippen LogP contribution in [-0.4, -0.2) is 34.6 Å². The normalized spacial score (nSPS) is 18.9. The van der Waals surface area contributed by atoms with Crippen LogP contribution in [0.3, 0.4) is 0 Å². The van der Waals surface area contributed by atoms with E-state index in [2.05, 4.69) is 24.0 Å². The summed E-state index contributed by atoms with van der Waals surface area (Å²) in [7, 11) is 3.78. The van der Waals surface area contributed by atoms with Crippen molar-refractivity contribution >= 4 is 68.4 Å². The van der Waals surface area contributed by atoms with Gasteiger partial charge in [-0.15, -0.1) is 11.3 Å². The number of fused-ring (bicyclic) bond motifs is 1. The van der Waals surface area contributed by atoms with Gasteiger partial charge in [-0.05, 0) is 42.9 Å². The first kappa shape index (κ1) is 22.9. The molecule has 6 nitrogen and oxygen atoms in total. The van der Waals surface area contributed by atoms with E-state index in [1.807, 2.05) is 49.5 Å². The lowest BCUT2D eigenvalue weighted by Gasteiger charge is -2.16. The number of carbonyl (C=O) groups excluding carboxylic acids is 1. The highest BCUT2D eigenvalue weighted by Gasteiger charge is 2.39. The van der Waals surface area contributed by atoms with Crippen LogP contribution in [-0.2, 0) is 11.3 Å². The molecule has 3 heterocycles. The monoisotopic (exact) mass is 508 g/mol. The predicted molar refractivity (Wildman–Crippen MR) is 145 cm³/mol. The molecule has 2 aromatic carbocycles. The number of hydrogen-bond donors (Lipinski definition) is 0. The Morgan fingerprint density at radius 3 is 2.35 bits per heavy atom. The molecule has 0 unspecified atom stereocenters. The Morgan fingerprint density at radius 1 is 0.941 bits per heavy atom. The highest BCUT2D eigenvalue weighted by atomic mass is 32.2. The number of amides is 1. The minimum absolute atomic E-state index is 0.0617. The molecule has 5 rings (SSSR count). The Hall–Kier alpha value is -2.88. The largest absolute Gasteiger partial charge is 0.337 e. The third-order valence-electron chi connectivity index (χ3n) is 5.99. The summed E-state index contributed by atoms with van der Waals surface area (Å²) in [5.41, 5.74) is 2.18. The zero-order valence-corrected chi connectivity index (χ0v) is 21.6. The Labute approximate surface area is 211 Å². The van der Waals surface area contributed by atoms with Crippen molar-refractivity contribution in [2.24, 2.45) is 0 Å². The van der Waals surface area contributed by atoms with Gasteiger partial charge in [-0.2, -0.15) is 0 Å². The highest BCUT2D eigenvalue weighted by Crippen LogP contribution is 2.45. The van der Waals surface area contributed by atoms with Gasteiger partial charge in [0.1, 0.15) is 19.9 Å². The van der Waals surface area contributed by atoms with Crippen molar-refractivity contribution in [2.45, 2.75) is 31.2 Å². The van der Waals surface area contributed by atoms with Crippen LogP contribution in [0.5, 0.6) is 0 Å². The van der Waals surface area contributed by atoms with Crippen molar-refractivity contribution in [2.75, 3.05) is 23.9 Å². The summed E-state index contributed by atoms with van der Waals surface area (Å²) in [5, 5.41) is 1.30. The smallest absolute Gasteiger partial charge is 0.284 e. The number of hydrogen-bond acceptors (Lipinski definition) is 6. The maximum atomic E-state index is 13.7. The number of likely N-dealkylation sites (N-methyl/N-ethyl adjacent to an activating group) is 1.